The molecule has 0 aliphatic rings. The van der Waals surface area contributed by atoms with Crippen molar-refractivity contribution in [2.45, 2.75) is 12.6 Å². The molecule has 110 valence electrons. The van der Waals surface area contributed by atoms with Gasteiger partial charge in [0.05, 0.1) is 12.6 Å². The Morgan fingerprint density at radius 1 is 1.36 bits per heavy atom. The van der Waals surface area contributed by atoms with E-state index < -0.39 is 17.7 Å². The van der Waals surface area contributed by atoms with Crippen molar-refractivity contribution in [3.63, 3.8) is 0 Å². The average molecular weight is 298 g/mol. The van der Waals surface area contributed by atoms with E-state index in [-0.39, 0.29) is 12.1 Å². The van der Waals surface area contributed by atoms with Crippen molar-refractivity contribution < 1.29 is 14.4 Å². The van der Waals surface area contributed by atoms with E-state index in [2.05, 4.69) is 20.7 Å². The lowest BCUT2D eigenvalue weighted by Gasteiger charge is -2.04. The normalized spacial score (nSPS) is 11.2. The van der Waals surface area contributed by atoms with Crippen LogP contribution in [0.3, 0.4) is 0 Å². The maximum absolute atomic E-state index is 11.8. The van der Waals surface area contributed by atoms with Crippen LogP contribution in [-0.4, -0.2) is 44.2 Å². The van der Waals surface area contributed by atoms with E-state index in [4.69, 9.17) is 5.26 Å². The van der Waals surface area contributed by atoms with Gasteiger partial charge in [-0.2, -0.15) is 10.1 Å². The predicted molar refractivity (Wildman–Crippen MR) is 71.3 cm³/mol. The molecule has 0 fully saturated rings. The van der Waals surface area contributed by atoms with Gasteiger partial charge < -0.3 is 5.32 Å². The number of aromatic nitrogens is 4. The number of benzene rings is 1. The number of nitriles is 1. The molecule has 1 amide bonds. The monoisotopic (exact) mass is 298 g/mol. The van der Waals surface area contributed by atoms with Crippen molar-refractivity contribution in [3.05, 3.63) is 41.7 Å². The van der Waals surface area contributed by atoms with Crippen molar-refractivity contribution in [2.75, 3.05) is 0 Å². The van der Waals surface area contributed by atoms with Crippen molar-refractivity contribution >= 4 is 18.0 Å². The minimum absolute atomic E-state index is 0.0339. The smallest absolute Gasteiger partial charge is 0.294 e. The van der Waals surface area contributed by atoms with Gasteiger partial charge in [-0.05, 0) is 10.8 Å². The molecule has 1 heterocycles. The highest BCUT2D eigenvalue weighted by Crippen LogP contribution is 2.00. The van der Waals surface area contributed by atoms with E-state index in [1.807, 2.05) is 30.3 Å². The lowest BCUT2D eigenvalue weighted by molar-refractivity contribution is -0.130. The minimum atomic E-state index is -1.56. The van der Waals surface area contributed by atoms with E-state index in [0.717, 1.165) is 5.56 Å². The fraction of sp³-hybridized carbons (Fsp3) is 0.154. The third kappa shape index (κ3) is 3.57. The Labute approximate surface area is 124 Å². The van der Waals surface area contributed by atoms with Crippen LogP contribution in [0.15, 0.2) is 30.3 Å². The summed E-state index contributed by atoms with van der Waals surface area (Å²) in [6.45, 7) is 0.316. The fourth-order valence-corrected chi connectivity index (χ4v) is 1.58. The molecule has 0 saturated carbocycles. The van der Waals surface area contributed by atoms with Gasteiger partial charge in [0.2, 0.25) is 5.78 Å². The maximum atomic E-state index is 11.8. The summed E-state index contributed by atoms with van der Waals surface area (Å²) in [4.78, 5) is 34.4. The first-order chi connectivity index (χ1) is 10.6. The van der Waals surface area contributed by atoms with Gasteiger partial charge in [0, 0.05) is 0 Å². The standard InChI is InChI=1S/C13H10N6O3/c14-6-10(11(21)8-20)15-13(22)12-16-18-19(17-12)7-9-4-2-1-3-5-9/h1-5,8,10H,7H2,(H,15,22). The van der Waals surface area contributed by atoms with Crippen molar-refractivity contribution in [3.8, 4) is 6.07 Å². The molecule has 1 atom stereocenters. The summed E-state index contributed by atoms with van der Waals surface area (Å²) in [6.07, 6.45) is -0.0339. The van der Waals surface area contributed by atoms with Gasteiger partial charge in [0.25, 0.3) is 11.7 Å². The summed E-state index contributed by atoms with van der Waals surface area (Å²) in [6, 6.07) is 9.22. The Morgan fingerprint density at radius 2 is 2.09 bits per heavy atom. The highest BCUT2D eigenvalue weighted by Gasteiger charge is 2.22. The van der Waals surface area contributed by atoms with Crippen LogP contribution in [0.5, 0.6) is 0 Å². The lowest BCUT2D eigenvalue weighted by atomic mass is 10.2. The van der Waals surface area contributed by atoms with Gasteiger partial charge in [-0.25, -0.2) is 0 Å². The molecule has 2 rings (SSSR count). The number of Topliss-reactive ketones (excluding diaryl/α,β-unsaturated/α-hetero) is 1. The van der Waals surface area contributed by atoms with E-state index >= 15 is 0 Å². The number of hydrogen-bond acceptors (Lipinski definition) is 7. The second-order valence-electron chi connectivity index (χ2n) is 4.18. The number of nitrogens with zero attached hydrogens (tertiary/aromatic N) is 5. The van der Waals surface area contributed by atoms with Crippen LogP contribution in [-0.2, 0) is 16.1 Å². The third-order valence-corrected chi connectivity index (χ3v) is 2.63. The van der Waals surface area contributed by atoms with Gasteiger partial charge in [-0.15, -0.1) is 10.2 Å². The number of hydrogen-bond donors (Lipinski definition) is 1. The largest absolute Gasteiger partial charge is 0.327 e. The SMILES string of the molecule is N#CC(NC(=O)c1nnn(Cc2ccccc2)n1)C(=O)C=O. The molecule has 1 aromatic carbocycles. The first-order valence-electron chi connectivity index (χ1n) is 6.15. The molecule has 2 aromatic rings. The minimum Gasteiger partial charge on any atom is -0.327 e. The zero-order chi connectivity index (χ0) is 15.9. The highest BCUT2D eigenvalue weighted by molar-refractivity contribution is 6.29. The summed E-state index contributed by atoms with van der Waals surface area (Å²) in [5, 5.41) is 21.9. The quantitative estimate of drug-likeness (QED) is 0.540. The second-order valence-corrected chi connectivity index (χ2v) is 4.18. The number of carbonyl (C=O) groups is 3. The molecule has 9 heteroatoms. The van der Waals surface area contributed by atoms with Gasteiger partial charge in [0.1, 0.15) is 0 Å². The molecule has 0 bridgehead atoms. The van der Waals surface area contributed by atoms with Gasteiger partial charge in [-0.1, -0.05) is 30.3 Å². The average Bonchev–Trinajstić information content (AvgIpc) is 3.01. The van der Waals surface area contributed by atoms with Crippen LogP contribution in [0.2, 0.25) is 0 Å². The summed E-state index contributed by atoms with van der Waals surface area (Å²) in [5.41, 5.74) is 0.915. The summed E-state index contributed by atoms with van der Waals surface area (Å²) in [7, 11) is 0. The van der Waals surface area contributed by atoms with Crippen LogP contribution in [0.4, 0.5) is 0 Å². The number of rotatable bonds is 6. The molecule has 0 aliphatic carbocycles. The Balaban J connectivity index is 2.04. The zero-order valence-corrected chi connectivity index (χ0v) is 11.2. The van der Waals surface area contributed by atoms with E-state index in [0.29, 0.717) is 6.54 Å². The fourth-order valence-electron chi connectivity index (χ4n) is 1.58. The number of aldehydes is 1. The summed E-state index contributed by atoms with van der Waals surface area (Å²) < 4.78 is 0. The van der Waals surface area contributed by atoms with E-state index in [1.165, 1.54) is 10.9 Å². The summed E-state index contributed by atoms with van der Waals surface area (Å²) in [5.74, 6) is -2.21. The van der Waals surface area contributed by atoms with Gasteiger partial charge in [-0.3, -0.25) is 14.4 Å². The Kier molecular flexibility index (Phi) is 4.66. The Morgan fingerprint density at radius 3 is 2.73 bits per heavy atom. The van der Waals surface area contributed by atoms with Gasteiger partial charge >= 0.3 is 0 Å². The molecular formula is C13H10N6O3. The number of ketones is 1. The molecule has 0 radical (unpaired) electrons. The number of tetrazole rings is 1. The second kappa shape index (κ2) is 6.85. The van der Waals surface area contributed by atoms with Crippen LogP contribution < -0.4 is 5.32 Å². The molecule has 22 heavy (non-hydrogen) atoms. The van der Waals surface area contributed by atoms with E-state index in [9.17, 15) is 14.4 Å². The molecule has 1 aromatic heterocycles. The Hall–Kier alpha value is -3.41. The highest BCUT2D eigenvalue weighted by atomic mass is 16.2. The number of amides is 1. The molecule has 1 N–H and O–H groups in total. The number of nitrogens with one attached hydrogen (secondary N) is 1. The van der Waals surface area contributed by atoms with Crippen LogP contribution in [0.25, 0.3) is 0 Å². The first-order valence-corrected chi connectivity index (χ1v) is 6.15. The van der Waals surface area contributed by atoms with Crippen LogP contribution in [0, 0.1) is 11.3 Å². The maximum Gasteiger partial charge on any atom is 0.294 e. The van der Waals surface area contributed by atoms with E-state index in [1.54, 1.807) is 0 Å². The lowest BCUT2D eigenvalue weighted by Crippen LogP contribution is -2.40. The van der Waals surface area contributed by atoms with Crippen molar-refractivity contribution in [1.82, 2.24) is 25.5 Å². The van der Waals surface area contributed by atoms with Gasteiger partial charge in [0.15, 0.2) is 12.3 Å². The molecule has 0 aliphatic heterocycles. The topological polar surface area (TPSA) is 131 Å². The molecular weight excluding hydrogens is 288 g/mol. The number of carbonyl (C=O) groups excluding carboxylic acids is 3. The first kappa shape index (κ1) is 15.0. The molecule has 0 saturated heterocycles. The third-order valence-electron chi connectivity index (χ3n) is 2.63. The Bertz CT molecular complexity index is 734. The predicted octanol–water partition coefficient (Wildman–Crippen LogP) is -0.889. The van der Waals surface area contributed by atoms with Crippen molar-refractivity contribution in [1.29, 1.82) is 5.26 Å². The van der Waals surface area contributed by atoms with Crippen LogP contribution >= 0.6 is 0 Å². The molecule has 9 nitrogen and oxygen atoms in total. The molecule has 1 unspecified atom stereocenters. The molecule has 0 spiro atoms. The zero-order valence-electron chi connectivity index (χ0n) is 11.2. The summed E-state index contributed by atoms with van der Waals surface area (Å²) >= 11 is 0. The van der Waals surface area contributed by atoms with Crippen LogP contribution in [0.1, 0.15) is 16.2 Å². The van der Waals surface area contributed by atoms with Crippen molar-refractivity contribution in [2.24, 2.45) is 0 Å².